The zero-order chi connectivity index (χ0) is 14.1. The van der Waals surface area contributed by atoms with Gasteiger partial charge in [-0.05, 0) is 31.2 Å². The van der Waals surface area contributed by atoms with E-state index in [-0.39, 0.29) is 17.9 Å². The fourth-order valence-electron chi connectivity index (χ4n) is 3.29. The third kappa shape index (κ3) is 2.04. The second-order valence-electron chi connectivity index (χ2n) is 5.22. The Hall–Kier alpha value is -1.67. The molecule has 1 aromatic rings. The van der Waals surface area contributed by atoms with Crippen molar-refractivity contribution < 1.29 is 4.79 Å². The fourth-order valence-corrected chi connectivity index (χ4v) is 3.86. The molecule has 2 unspecified atom stereocenters. The maximum atomic E-state index is 11.9. The maximum absolute atomic E-state index is 11.9. The summed E-state index contributed by atoms with van der Waals surface area (Å²) in [6, 6.07) is 8.51. The molecule has 0 aliphatic carbocycles. The predicted octanol–water partition coefficient (Wildman–Crippen LogP) is 1.99. The number of hydrogen-bond donors (Lipinski definition) is 1. The van der Waals surface area contributed by atoms with Crippen molar-refractivity contribution in [2.75, 3.05) is 24.2 Å². The van der Waals surface area contributed by atoms with Gasteiger partial charge in [0.05, 0.1) is 23.2 Å². The summed E-state index contributed by atoms with van der Waals surface area (Å²) in [5.74, 6) is 0.243. The van der Waals surface area contributed by atoms with Gasteiger partial charge in [0.25, 0.3) is 0 Å². The Balaban J connectivity index is 2.01. The van der Waals surface area contributed by atoms with E-state index < -0.39 is 0 Å². The van der Waals surface area contributed by atoms with Gasteiger partial charge in [0, 0.05) is 18.0 Å². The van der Waals surface area contributed by atoms with Crippen LogP contribution in [0.25, 0.3) is 0 Å². The molecule has 20 heavy (non-hydrogen) atoms. The van der Waals surface area contributed by atoms with E-state index in [1.807, 2.05) is 24.5 Å². The first-order valence-electron chi connectivity index (χ1n) is 6.87. The predicted molar refractivity (Wildman–Crippen MR) is 79.8 cm³/mol. The summed E-state index contributed by atoms with van der Waals surface area (Å²) in [6.07, 6.45) is 3.94. The number of nitrogens with zero attached hydrogens (tertiary/aromatic N) is 2. The molecule has 0 aromatic heterocycles. The Morgan fingerprint density at radius 1 is 1.50 bits per heavy atom. The maximum Gasteiger partial charge on any atom is 0.225 e. The number of nitriles is 1. The van der Waals surface area contributed by atoms with Crippen molar-refractivity contribution in [3.05, 3.63) is 23.8 Å². The molecular weight excluding hydrogens is 270 g/mol. The normalized spacial score (nSPS) is 25.0. The highest BCUT2D eigenvalue weighted by Crippen LogP contribution is 2.36. The number of amides is 1. The molecule has 0 spiro atoms. The van der Waals surface area contributed by atoms with Crippen LogP contribution in [0.4, 0.5) is 5.69 Å². The van der Waals surface area contributed by atoms with Crippen LogP contribution in [-0.4, -0.2) is 31.3 Å². The molecule has 2 heterocycles. The first-order valence-corrected chi connectivity index (χ1v) is 8.10. The first-order chi connectivity index (χ1) is 9.76. The molecule has 1 aromatic carbocycles. The summed E-state index contributed by atoms with van der Waals surface area (Å²) in [6.45, 7) is 1.61. The molecule has 0 saturated carbocycles. The van der Waals surface area contributed by atoms with Crippen LogP contribution in [0.2, 0.25) is 0 Å². The molecule has 0 bridgehead atoms. The molecule has 2 saturated heterocycles. The van der Waals surface area contributed by atoms with Crippen LogP contribution >= 0.6 is 11.8 Å². The lowest BCUT2D eigenvalue weighted by atomic mass is 9.90. The van der Waals surface area contributed by atoms with Crippen molar-refractivity contribution in [1.29, 1.82) is 5.26 Å². The van der Waals surface area contributed by atoms with Crippen LogP contribution in [0.15, 0.2) is 23.1 Å². The summed E-state index contributed by atoms with van der Waals surface area (Å²) >= 11 is 1.59. The van der Waals surface area contributed by atoms with Crippen molar-refractivity contribution in [2.45, 2.75) is 23.8 Å². The molecule has 5 heteroatoms. The van der Waals surface area contributed by atoms with Crippen LogP contribution in [0.3, 0.4) is 0 Å². The van der Waals surface area contributed by atoms with E-state index in [1.165, 1.54) is 0 Å². The molecule has 1 amide bonds. The largest absolute Gasteiger partial charge is 0.365 e. The van der Waals surface area contributed by atoms with Crippen LogP contribution in [0.5, 0.6) is 0 Å². The highest BCUT2D eigenvalue weighted by molar-refractivity contribution is 7.98. The number of carbonyl (C=O) groups excluding carboxylic acids is 1. The standard InChI is InChI=1S/C15H17N3OS/c1-20-14-6-2-5-12(11(14)8-16)18-7-3-4-10-13(18)9-17-15(10)19/h2,5-6,10,13H,3-4,7,9H2,1H3,(H,17,19). The minimum Gasteiger partial charge on any atom is -0.365 e. The quantitative estimate of drug-likeness (QED) is 0.845. The van der Waals surface area contributed by atoms with Crippen LogP contribution in [0, 0.1) is 17.2 Å². The lowest BCUT2D eigenvalue weighted by Crippen LogP contribution is -2.46. The summed E-state index contributed by atoms with van der Waals surface area (Å²) in [5.41, 5.74) is 1.71. The Morgan fingerprint density at radius 2 is 2.35 bits per heavy atom. The molecule has 2 atom stereocenters. The summed E-state index contributed by atoms with van der Waals surface area (Å²) in [5, 5.41) is 12.4. The van der Waals surface area contributed by atoms with E-state index in [0.717, 1.165) is 35.5 Å². The number of rotatable bonds is 2. The summed E-state index contributed by atoms with van der Waals surface area (Å²) in [4.78, 5) is 15.1. The van der Waals surface area contributed by atoms with Crippen LogP contribution in [0.1, 0.15) is 18.4 Å². The first kappa shape index (κ1) is 13.3. The Labute approximate surface area is 123 Å². The van der Waals surface area contributed by atoms with E-state index in [2.05, 4.69) is 16.3 Å². The number of piperidine rings is 1. The van der Waals surface area contributed by atoms with E-state index in [0.29, 0.717) is 6.54 Å². The van der Waals surface area contributed by atoms with Crippen molar-refractivity contribution in [3.8, 4) is 6.07 Å². The molecule has 1 N–H and O–H groups in total. The van der Waals surface area contributed by atoms with Gasteiger partial charge in [-0.25, -0.2) is 0 Å². The molecule has 2 fully saturated rings. The lowest BCUT2D eigenvalue weighted by molar-refractivity contribution is -0.122. The average Bonchev–Trinajstić information content (AvgIpc) is 2.88. The zero-order valence-corrected chi connectivity index (χ0v) is 12.2. The smallest absolute Gasteiger partial charge is 0.225 e. The van der Waals surface area contributed by atoms with Gasteiger partial charge in [0.15, 0.2) is 0 Å². The number of hydrogen-bond acceptors (Lipinski definition) is 4. The summed E-state index contributed by atoms with van der Waals surface area (Å²) < 4.78 is 0. The minimum atomic E-state index is 0.0771. The van der Waals surface area contributed by atoms with Crippen molar-refractivity contribution >= 4 is 23.4 Å². The van der Waals surface area contributed by atoms with Crippen molar-refractivity contribution in [2.24, 2.45) is 5.92 Å². The van der Waals surface area contributed by atoms with E-state index in [1.54, 1.807) is 11.8 Å². The number of nitrogens with one attached hydrogen (secondary N) is 1. The van der Waals surface area contributed by atoms with Gasteiger partial charge < -0.3 is 10.2 Å². The highest BCUT2D eigenvalue weighted by Gasteiger charge is 2.41. The Morgan fingerprint density at radius 3 is 3.10 bits per heavy atom. The molecule has 3 rings (SSSR count). The molecule has 2 aliphatic heterocycles. The van der Waals surface area contributed by atoms with Crippen molar-refractivity contribution in [3.63, 3.8) is 0 Å². The topological polar surface area (TPSA) is 56.1 Å². The van der Waals surface area contributed by atoms with Crippen LogP contribution in [-0.2, 0) is 4.79 Å². The Bertz CT molecular complexity index is 581. The van der Waals surface area contributed by atoms with Crippen molar-refractivity contribution in [1.82, 2.24) is 5.32 Å². The van der Waals surface area contributed by atoms with E-state index in [4.69, 9.17) is 0 Å². The molecule has 104 valence electrons. The molecule has 2 aliphatic rings. The number of thioether (sulfide) groups is 1. The molecule has 0 radical (unpaired) electrons. The number of fused-ring (bicyclic) bond motifs is 1. The number of benzene rings is 1. The van der Waals surface area contributed by atoms with E-state index >= 15 is 0 Å². The molecular formula is C15H17N3OS. The molecule has 4 nitrogen and oxygen atoms in total. The monoisotopic (exact) mass is 287 g/mol. The van der Waals surface area contributed by atoms with E-state index in [9.17, 15) is 10.1 Å². The second-order valence-corrected chi connectivity index (χ2v) is 6.07. The van der Waals surface area contributed by atoms with Gasteiger partial charge in [-0.3, -0.25) is 4.79 Å². The van der Waals surface area contributed by atoms with Gasteiger partial charge in [0.2, 0.25) is 5.91 Å². The van der Waals surface area contributed by atoms with Gasteiger partial charge in [-0.2, -0.15) is 5.26 Å². The Kier molecular flexibility index (Phi) is 3.58. The summed E-state index contributed by atoms with van der Waals surface area (Å²) in [7, 11) is 0. The lowest BCUT2D eigenvalue weighted by Gasteiger charge is -2.38. The zero-order valence-electron chi connectivity index (χ0n) is 11.4. The highest BCUT2D eigenvalue weighted by atomic mass is 32.2. The SMILES string of the molecule is CSc1cccc(N2CCCC3C(=O)NCC32)c1C#N. The fraction of sp³-hybridized carbons (Fsp3) is 0.467. The van der Waals surface area contributed by atoms with Crippen LogP contribution < -0.4 is 10.2 Å². The van der Waals surface area contributed by atoms with Gasteiger partial charge >= 0.3 is 0 Å². The van der Waals surface area contributed by atoms with Gasteiger partial charge in [-0.15, -0.1) is 11.8 Å². The number of anilines is 1. The second kappa shape index (κ2) is 5.37. The average molecular weight is 287 g/mol. The minimum absolute atomic E-state index is 0.0771. The number of carbonyl (C=O) groups is 1. The third-order valence-corrected chi connectivity index (χ3v) is 5.03. The van der Waals surface area contributed by atoms with Gasteiger partial charge in [-0.1, -0.05) is 6.07 Å². The third-order valence-electron chi connectivity index (χ3n) is 4.25. The van der Waals surface area contributed by atoms with Gasteiger partial charge in [0.1, 0.15) is 6.07 Å².